The molecule has 0 bridgehead atoms. The Labute approximate surface area is 317 Å². The second kappa shape index (κ2) is 15.7. The molecule has 290 valence electrons. The first-order valence-corrected chi connectivity index (χ1v) is 17.7. The number of methoxy groups -OCH3 is 2. The minimum atomic E-state index is -1.21. The number of aromatic amines is 2. The first-order valence-electron chi connectivity index (χ1n) is 17.7. The molecule has 0 saturated carbocycles. The SMILES string of the molecule is COC(=O)NC(C)(C)C(=O)N[C@H](c1nc(-c2ccc(-c3ccc(-c4c[nH]c([C@@H](NC(=O)C(C)(C)NC(=O)OC)C(C)(C)C)n4)cc3)cc2)c[nH]1)C(C)(C)C. The molecule has 2 atom stereocenters. The molecule has 4 aromatic rings. The van der Waals surface area contributed by atoms with Gasteiger partial charge in [-0.2, -0.15) is 0 Å². The Kier molecular flexibility index (Phi) is 12.0. The highest BCUT2D eigenvalue weighted by atomic mass is 16.5. The molecule has 0 spiro atoms. The molecule has 4 rings (SSSR count). The summed E-state index contributed by atoms with van der Waals surface area (Å²) in [4.78, 5) is 66.2. The van der Waals surface area contributed by atoms with Crippen molar-refractivity contribution < 1.29 is 28.7 Å². The van der Waals surface area contributed by atoms with E-state index < -0.39 is 46.2 Å². The lowest BCUT2D eigenvalue weighted by Crippen LogP contribution is -2.56. The van der Waals surface area contributed by atoms with Crippen LogP contribution < -0.4 is 21.3 Å². The molecule has 2 aromatic carbocycles. The van der Waals surface area contributed by atoms with E-state index in [0.717, 1.165) is 33.6 Å². The maximum atomic E-state index is 13.2. The van der Waals surface area contributed by atoms with Gasteiger partial charge < -0.3 is 40.7 Å². The molecule has 54 heavy (non-hydrogen) atoms. The van der Waals surface area contributed by atoms with E-state index in [0.29, 0.717) is 11.6 Å². The molecular weight excluding hydrogens is 688 g/mol. The molecule has 6 N–H and O–H groups in total. The van der Waals surface area contributed by atoms with Crippen molar-refractivity contribution >= 4 is 24.0 Å². The van der Waals surface area contributed by atoms with Crippen LogP contribution in [0, 0.1) is 10.8 Å². The van der Waals surface area contributed by atoms with Crippen LogP contribution in [0.15, 0.2) is 60.9 Å². The second-order valence-electron chi connectivity index (χ2n) is 16.5. The van der Waals surface area contributed by atoms with E-state index in [2.05, 4.69) is 40.7 Å². The minimum absolute atomic E-state index is 0.373. The summed E-state index contributed by atoms with van der Waals surface area (Å²) in [5, 5.41) is 11.2. The van der Waals surface area contributed by atoms with Gasteiger partial charge in [-0.15, -0.1) is 0 Å². The average Bonchev–Trinajstić information content (AvgIpc) is 3.79. The fraction of sp³-hybridized carbons (Fsp3) is 0.450. The quantitative estimate of drug-likeness (QED) is 0.0965. The van der Waals surface area contributed by atoms with Crippen LogP contribution in [0.1, 0.15) is 93.0 Å². The summed E-state index contributed by atoms with van der Waals surface area (Å²) in [5.41, 5.74) is 2.08. The summed E-state index contributed by atoms with van der Waals surface area (Å²) in [7, 11) is 2.50. The van der Waals surface area contributed by atoms with Crippen molar-refractivity contribution in [3.8, 4) is 33.6 Å². The summed E-state index contributed by atoms with van der Waals surface area (Å²) in [6.07, 6.45) is 2.24. The number of nitrogens with one attached hydrogen (secondary N) is 6. The number of amides is 4. The van der Waals surface area contributed by atoms with Gasteiger partial charge in [-0.3, -0.25) is 9.59 Å². The normalized spacial score (nSPS) is 13.3. The second-order valence-corrected chi connectivity index (χ2v) is 16.5. The molecule has 14 nitrogen and oxygen atoms in total. The van der Waals surface area contributed by atoms with Crippen molar-refractivity contribution in [2.75, 3.05) is 14.2 Å². The highest BCUT2D eigenvalue weighted by Crippen LogP contribution is 2.35. The van der Waals surface area contributed by atoms with Gasteiger partial charge >= 0.3 is 12.2 Å². The van der Waals surface area contributed by atoms with Crippen LogP contribution in [0.5, 0.6) is 0 Å². The first kappa shape index (κ1) is 41.1. The van der Waals surface area contributed by atoms with Crippen LogP contribution in [0.2, 0.25) is 0 Å². The third-order valence-electron chi connectivity index (χ3n) is 9.06. The van der Waals surface area contributed by atoms with Crippen molar-refractivity contribution in [3.05, 3.63) is 72.6 Å². The average molecular weight is 743 g/mol. The van der Waals surface area contributed by atoms with Crippen molar-refractivity contribution in [2.45, 2.75) is 92.4 Å². The molecule has 0 radical (unpaired) electrons. The molecular formula is C40H54N8O6. The molecule has 0 aliphatic carbocycles. The van der Waals surface area contributed by atoms with Crippen molar-refractivity contribution in [3.63, 3.8) is 0 Å². The standard InChI is InChI=1S/C40H54N8O6/c1-37(2,3)29(45-33(49)39(7,8)47-35(51)53-11)31-41-21-27(43-31)25-17-13-23(14-18-25)24-15-19-26(20-16-24)28-22-42-32(44-28)30(38(4,5)6)46-34(50)40(9,10)48-36(52)54-12/h13-22,29-30H,1-12H3,(H,41,43)(H,42,44)(H,45,49)(H,46,50)(H,47,51)(H,48,52)/t29-,30-/m1/s1. The van der Waals surface area contributed by atoms with E-state index in [9.17, 15) is 19.2 Å². The number of carbonyl (C=O) groups excluding carboxylic acids is 4. The lowest BCUT2D eigenvalue weighted by atomic mass is 9.85. The Balaban J connectivity index is 1.48. The van der Waals surface area contributed by atoms with Crippen LogP contribution in [0.4, 0.5) is 9.59 Å². The first-order chi connectivity index (χ1) is 25.1. The van der Waals surface area contributed by atoms with E-state index in [1.165, 1.54) is 14.2 Å². The molecule has 2 heterocycles. The summed E-state index contributed by atoms with van der Waals surface area (Å²) < 4.78 is 9.35. The monoisotopic (exact) mass is 742 g/mol. The van der Waals surface area contributed by atoms with Gasteiger partial charge in [-0.25, -0.2) is 19.6 Å². The van der Waals surface area contributed by atoms with Crippen molar-refractivity contribution in [2.24, 2.45) is 10.8 Å². The van der Waals surface area contributed by atoms with Gasteiger partial charge in [0.1, 0.15) is 22.7 Å². The fourth-order valence-electron chi connectivity index (χ4n) is 5.67. The van der Waals surface area contributed by atoms with Gasteiger partial charge in [-0.05, 0) is 49.7 Å². The van der Waals surface area contributed by atoms with E-state index in [1.807, 2.05) is 102 Å². The highest BCUT2D eigenvalue weighted by Gasteiger charge is 2.38. The molecule has 14 heteroatoms. The zero-order valence-corrected chi connectivity index (χ0v) is 33.3. The Morgan fingerprint density at radius 2 is 0.833 bits per heavy atom. The topological polar surface area (TPSA) is 192 Å². The van der Waals surface area contributed by atoms with Crippen LogP contribution in [-0.4, -0.2) is 69.2 Å². The van der Waals surface area contributed by atoms with E-state index in [1.54, 1.807) is 27.7 Å². The van der Waals surface area contributed by atoms with E-state index in [-0.39, 0.29) is 11.8 Å². The molecule has 4 amide bonds. The Morgan fingerprint density at radius 3 is 1.11 bits per heavy atom. The predicted molar refractivity (Wildman–Crippen MR) is 207 cm³/mol. The van der Waals surface area contributed by atoms with Crippen molar-refractivity contribution in [1.82, 2.24) is 41.2 Å². The number of benzene rings is 2. The number of H-pyrrole nitrogens is 2. The highest BCUT2D eigenvalue weighted by molar-refractivity contribution is 5.90. The number of hydrogen-bond acceptors (Lipinski definition) is 8. The fourth-order valence-corrected chi connectivity index (χ4v) is 5.67. The number of alkyl carbamates (subject to hydrolysis) is 2. The van der Waals surface area contributed by atoms with Crippen molar-refractivity contribution in [1.29, 1.82) is 0 Å². The van der Waals surface area contributed by atoms with Gasteiger partial charge in [0, 0.05) is 23.5 Å². The summed E-state index contributed by atoms with van der Waals surface area (Å²) >= 11 is 0. The lowest BCUT2D eigenvalue weighted by molar-refractivity contribution is -0.128. The van der Waals surface area contributed by atoms with Crippen LogP contribution >= 0.6 is 0 Å². The smallest absolute Gasteiger partial charge is 0.407 e. The number of hydrogen-bond donors (Lipinski definition) is 6. The molecule has 2 aromatic heterocycles. The lowest BCUT2D eigenvalue weighted by Gasteiger charge is -2.33. The molecule has 0 fully saturated rings. The number of imidazole rings is 2. The number of aromatic nitrogens is 4. The predicted octanol–water partition coefficient (Wildman–Crippen LogP) is 6.81. The summed E-state index contributed by atoms with van der Waals surface area (Å²) in [5.74, 6) is 0.443. The molecule has 0 unspecified atom stereocenters. The van der Waals surface area contributed by atoms with Crippen LogP contribution in [0.25, 0.3) is 33.6 Å². The minimum Gasteiger partial charge on any atom is -0.453 e. The van der Waals surface area contributed by atoms with Crippen LogP contribution in [0.3, 0.4) is 0 Å². The zero-order valence-electron chi connectivity index (χ0n) is 33.3. The summed E-state index contributed by atoms with van der Waals surface area (Å²) in [6.45, 7) is 18.5. The Morgan fingerprint density at radius 1 is 0.537 bits per heavy atom. The molecule has 0 saturated heterocycles. The zero-order chi connectivity index (χ0) is 40.2. The van der Waals surface area contributed by atoms with E-state index >= 15 is 0 Å². The largest absolute Gasteiger partial charge is 0.453 e. The van der Waals surface area contributed by atoms with Gasteiger partial charge in [0.2, 0.25) is 11.8 Å². The Bertz CT molecular complexity index is 1810. The van der Waals surface area contributed by atoms with E-state index in [4.69, 9.17) is 9.97 Å². The Hall–Kier alpha value is -5.66. The molecule has 0 aliphatic rings. The maximum absolute atomic E-state index is 13.2. The molecule has 0 aliphatic heterocycles. The van der Waals surface area contributed by atoms with Gasteiger partial charge in [0.15, 0.2) is 0 Å². The van der Waals surface area contributed by atoms with Gasteiger partial charge in [-0.1, -0.05) is 90.1 Å². The maximum Gasteiger partial charge on any atom is 0.407 e. The number of carbonyl (C=O) groups is 4. The number of ether oxygens (including phenoxy) is 2. The third-order valence-corrected chi connectivity index (χ3v) is 9.06. The number of nitrogens with zero attached hydrogens (tertiary/aromatic N) is 2. The number of rotatable bonds is 11. The van der Waals surface area contributed by atoms with Gasteiger partial charge in [0.25, 0.3) is 0 Å². The third kappa shape index (κ3) is 9.85. The summed E-state index contributed by atoms with van der Waals surface area (Å²) in [6, 6.07) is 15.2. The van der Waals surface area contributed by atoms with Crippen LogP contribution in [-0.2, 0) is 19.1 Å². The van der Waals surface area contributed by atoms with Gasteiger partial charge in [0.05, 0.1) is 37.7 Å².